The molecule has 0 aliphatic carbocycles. The van der Waals surface area contributed by atoms with Crippen molar-refractivity contribution in [2.24, 2.45) is 0 Å². The summed E-state index contributed by atoms with van der Waals surface area (Å²) < 4.78 is 2.11. The first-order chi connectivity index (χ1) is 60.5. The van der Waals surface area contributed by atoms with Crippen LogP contribution >= 0.6 is 0 Å². The first-order valence-electron chi connectivity index (χ1n) is 40.8. The first-order valence-corrected chi connectivity index (χ1v) is 40.8. The fourth-order valence-corrected chi connectivity index (χ4v) is 15.2. The Hall–Kier alpha value is -16.7. The average Bonchev–Trinajstić information content (AvgIpc) is 0.938. The molecule has 0 saturated heterocycles. The van der Waals surface area contributed by atoms with Crippen LogP contribution in [-0.2, 0) is 0 Å². The van der Waals surface area contributed by atoms with Crippen LogP contribution in [0.25, 0.3) is 52.8 Å². The van der Waals surface area contributed by atoms with Gasteiger partial charge in [0, 0.05) is 119 Å². The van der Waals surface area contributed by atoms with Crippen LogP contribution < -0.4 is 29.4 Å². The number of hydrogen-bond donors (Lipinski definition) is 1. The highest BCUT2D eigenvalue weighted by molar-refractivity contribution is 5.88. The molecule has 12 nitrogen and oxygen atoms in total. The van der Waals surface area contributed by atoms with Gasteiger partial charge in [0.25, 0.3) is 0 Å². The van der Waals surface area contributed by atoms with Gasteiger partial charge in [-0.3, -0.25) is 4.57 Å². The van der Waals surface area contributed by atoms with Crippen LogP contribution in [0.1, 0.15) is 37.6 Å². The van der Waals surface area contributed by atoms with Gasteiger partial charge in [-0.25, -0.2) is 0 Å². The van der Waals surface area contributed by atoms with Gasteiger partial charge in [0.1, 0.15) is 0 Å². The van der Waals surface area contributed by atoms with Crippen molar-refractivity contribution in [3.63, 3.8) is 0 Å². The molecule has 0 spiro atoms. The number of benzene rings is 17. The molecule has 0 bridgehead atoms. The first kappa shape index (κ1) is 81.1. The van der Waals surface area contributed by atoms with Gasteiger partial charge in [0.2, 0.25) is 0 Å². The highest BCUT2D eigenvalue weighted by Crippen LogP contribution is 2.45. The lowest BCUT2D eigenvalue weighted by Crippen LogP contribution is -2.13. The Morgan fingerprint density at radius 1 is 0.185 bits per heavy atom. The van der Waals surface area contributed by atoms with Crippen molar-refractivity contribution in [2.75, 3.05) is 29.4 Å². The molecule has 0 aliphatic rings. The number of nitrogens with one attached hydrogen (secondary N) is 1. The van der Waals surface area contributed by atoms with E-state index in [1.807, 2.05) is 97.1 Å². The average molecular weight is 1610 g/mol. The standard InChI is InChI=1S/C58H44N6.C52H40N6.2CH4/c1-7-19-45(20-8-1)31-44-57-59-60-58(64(57)51-29-17-6-18-30-51)46-32-34-52(35-33-46)63(55-40-36-53(37-41-55)61(47-21-9-2-10-22-47)48-23-11-3-12-24-48)56-42-38-54(39-43-56)62(49-25-13-4-14-26-49)50-27-15-5-16-28-50;1-6-16-40(17-7-1)26-39-51-53-52(55-54-51)41-27-29-46(30-28-41)58(49-35-31-47(32-36-49)56(42-18-8-2-9-19-42)43-20-10-3-11-21-43)50-37-33-48(34-38-50)57(44-22-12-4-13-23-44)45-24-14-5-15-25-45;;/h1-44H;1-39H,(H,53,54,55);2*1H4. The van der Waals surface area contributed by atoms with Gasteiger partial charge in [-0.15, -0.1) is 20.4 Å². The third kappa shape index (κ3) is 18.7. The van der Waals surface area contributed by atoms with Gasteiger partial charge in [-0.2, -0.15) is 0 Å². The van der Waals surface area contributed by atoms with Crippen LogP contribution in [0.4, 0.5) is 102 Å². The molecular formula is C112H92N12. The van der Waals surface area contributed by atoms with E-state index in [1.54, 1.807) is 0 Å². The predicted molar refractivity (Wildman–Crippen MR) is 521 cm³/mol. The summed E-state index contributed by atoms with van der Waals surface area (Å²) in [4.78, 5) is 17.1. The summed E-state index contributed by atoms with van der Waals surface area (Å²) in [6.07, 6.45) is 8.07. The molecule has 0 fully saturated rings. The van der Waals surface area contributed by atoms with Crippen molar-refractivity contribution in [1.29, 1.82) is 0 Å². The third-order valence-corrected chi connectivity index (χ3v) is 21.0. The Bertz CT molecular complexity index is 6130. The SMILES string of the molecule is C.C.C(=Cc1nnc(-c2ccc(N(c3ccc(N(c4ccccc4)c4ccccc4)cc3)c3ccc(N(c4ccccc4)c4ccccc4)cc3)cc2)[nH]1)c1ccccc1.C(=Cc1nnc(-c2ccc(N(c3ccc(N(c4ccccc4)c4ccccc4)cc3)c3ccc(N(c4ccccc4)c4ccccc4)cc3)cc2)n1-c1ccccc1)c1ccccc1. The molecule has 124 heavy (non-hydrogen) atoms. The quantitative estimate of drug-likeness (QED) is 0.0596. The normalized spacial score (nSPS) is 10.9. The summed E-state index contributed by atoms with van der Waals surface area (Å²) in [7, 11) is 0. The minimum absolute atomic E-state index is 0. The smallest absolute Gasteiger partial charge is 0.168 e. The summed E-state index contributed by atoms with van der Waals surface area (Å²) in [5, 5.41) is 18.3. The summed E-state index contributed by atoms with van der Waals surface area (Å²) in [6, 6.07) is 167. The van der Waals surface area contributed by atoms with E-state index in [2.05, 4.69) is 461 Å². The van der Waals surface area contributed by atoms with Crippen LogP contribution in [-0.4, -0.2) is 29.9 Å². The lowest BCUT2D eigenvalue weighted by atomic mass is 10.1. The molecule has 0 atom stereocenters. The van der Waals surface area contributed by atoms with E-state index in [0.29, 0.717) is 11.6 Å². The van der Waals surface area contributed by atoms with Crippen molar-refractivity contribution in [3.05, 3.63) is 502 Å². The topological polar surface area (TPSA) is 91.7 Å². The zero-order chi connectivity index (χ0) is 81.9. The van der Waals surface area contributed by atoms with E-state index in [4.69, 9.17) is 5.10 Å². The molecule has 12 heteroatoms. The number of rotatable bonds is 25. The van der Waals surface area contributed by atoms with Crippen LogP contribution in [0.3, 0.4) is 0 Å². The van der Waals surface area contributed by atoms with Gasteiger partial charge < -0.3 is 34.4 Å². The van der Waals surface area contributed by atoms with E-state index in [9.17, 15) is 0 Å². The van der Waals surface area contributed by atoms with Crippen molar-refractivity contribution in [3.8, 4) is 28.5 Å². The van der Waals surface area contributed by atoms with Crippen molar-refractivity contribution in [1.82, 2.24) is 29.9 Å². The summed E-state index contributed by atoms with van der Waals surface area (Å²) in [5.41, 5.74) is 24.2. The zero-order valence-corrected chi connectivity index (χ0v) is 66.8. The Morgan fingerprint density at radius 3 is 0.653 bits per heavy atom. The highest BCUT2D eigenvalue weighted by Gasteiger charge is 2.23. The molecule has 17 aromatic carbocycles. The van der Waals surface area contributed by atoms with Crippen molar-refractivity contribution < 1.29 is 0 Å². The van der Waals surface area contributed by atoms with Gasteiger partial charge in [-0.05, 0) is 278 Å². The molecule has 0 saturated carbocycles. The minimum Gasteiger partial charge on any atom is -0.321 e. The van der Waals surface area contributed by atoms with Crippen LogP contribution in [0, 0.1) is 0 Å². The summed E-state index contributed by atoms with van der Waals surface area (Å²) in [5.74, 6) is 2.92. The number of aromatic nitrogens is 6. The Morgan fingerprint density at radius 2 is 0.395 bits per heavy atom. The largest absolute Gasteiger partial charge is 0.321 e. The number of hydrogen-bond acceptors (Lipinski definition) is 10. The molecule has 19 rings (SSSR count). The zero-order valence-electron chi connectivity index (χ0n) is 66.8. The van der Waals surface area contributed by atoms with E-state index >= 15 is 0 Å². The number of aromatic amines is 1. The molecule has 1 N–H and O–H groups in total. The fraction of sp³-hybridized carbons (Fsp3) is 0.0179. The molecule has 0 aliphatic heterocycles. The summed E-state index contributed by atoms with van der Waals surface area (Å²) in [6.45, 7) is 0. The van der Waals surface area contributed by atoms with E-state index in [1.165, 1.54) is 0 Å². The minimum atomic E-state index is 0. The predicted octanol–water partition coefficient (Wildman–Crippen LogP) is 30.8. The molecule has 600 valence electrons. The summed E-state index contributed by atoms with van der Waals surface area (Å²) >= 11 is 0. The van der Waals surface area contributed by atoms with Crippen LogP contribution in [0.2, 0.25) is 0 Å². The van der Waals surface area contributed by atoms with Crippen LogP contribution in [0.5, 0.6) is 0 Å². The number of anilines is 18. The molecule has 19 aromatic rings. The molecule has 0 unspecified atom stereocenters. The Balaban J connectivity index is 0.000000181. The molecule has 0 amide bonds. The van der Waals surface area contributed by atoms with Crippen molar-refractivity contribution in [2.45, 2.75) is 14.9 Å². The third-order valence-electron chi connectivity index (χ3n) is 21.0. The highest BCUT2D eigenvalue weighted by atomic mass is 15.3. The maximum atomic E-state index is 4.76. The van der Waals surface area contributed by atoms with Gasteiger partial charge in [0.15, 0.2) is 23.3 Å². The molecule has 2 aromatic heterocycles. The van der Waals surface area contributed by atoms with Gasteiger partial charge >= 0.3 is 0 Å². The van der Waals surface area contributed by atoms with Crippen LogP contribution in [0.15, 0.2) is 479 Å². The lowest BCUT2D eigenvalue weighted by Gasteiger charge is -2.29. The van der Waals surface area contributed by atoms with E-state index in [-0.39, 0.29) is 14.9 Å². The molecular weight excluding hydrogens is 1510 g/mol. The van der Waals surface area contributed by atoms with Gasteiger partial charge in [0.05, 0.1) is 0 Å². The monoisotopic (exact) mass is 1600 g/mol. The Labute approximate surface area is 726 Å². The maximum absolute atomic E-state index is 4.76. The van der Waals surface area contributed by atoms with E-state index < -0.39 is 0 Å². The van der Waals surface area contributed by atoms with E-state index in [0.717, 1.165) is 142 Å². The second-order valence-corrected chi connectivity index (χ2v) is 29.0. The lowest BCUT2D eigenvalue weighted by molar-refractivity contribution is 1.04. The van der Waals surface area contributed by atoms with Gasteiger partial charge in [-0.1, -0.05) is 251 Å². The molecule has 0 radical (unpaired) electrons. The van der Waals surface area contributed by atoms with Crippen molar-refractivity contribution >= 4 is 127 Å². The Kier molecular flexibility index (Phi) is 25.7. The number of nitrogens with zero attached hydrogens (tertiary/aromatic N) is 11. The fourth-order valence-electron chi connectivity index (χ4n) is 15.2. The number of para-hydroxylation sites is 9. The maximum Gasteiger partial charge on any atom is 0.168 e. The second-order valence-electron chi connectivity index (χ2n) is 29.0. The number of H-pyrrole nitrogens is 1. The molecule has 2 heterocycles. The second kappa shape index (κ2) is 39.2.